The topological polar surface area (TPSA) is 58.9 Å². The maximum Gasteiger partial charge on any atom is 0.195 e. The van der Waals surface area contributed by atoms with Gasteiger partial charge in [0.15, 0.2) is 5.78 Å². The minimum absolute atomic E-state index is 0.211. The van der Waals surface area contributed by atoms with E-state index >= 15 is 0 Å². The molecule has 0 saturated heterocycles. The van der Waals surface area contributed by atoms with E-state index in [9.17, 15) is 9.18 Å². The molecule has 5 heteroatoms. The van der Waals surface area contributed by atoms with Gasteiger partial charge >= 0.3 is 0 Å². The fraction of sp³-hybridized carbons (Fsp3) is 0. The molecule has 3 aromatic rings. The molecule has 0 unspecified atom stereocenters. The van der Waals surface area contributed by atoms with Crippen molar-refractivity contribution in [3.8, 4) is 0 Å². The minimum Gasteiger partial charge on any atom is -0.399 e. The Labute approximate surface area is 119 Å². The van der Waals surface area contributed by atoms with Crippen molar-refractivity contribution in [1.29, 1.82) is 0 Å². The van der Waals surface area contributed by atoms with Gasteiger partial charge in [-0.3, -0.25) is 4.79 Å². The van der Waals surface area contributed by atoms with E-state index in [0.717, 1.165) is 5.52 Å². The predicted octanol–water partition coefficient (Wildman–Crippen LogP) is 3.77. The Morgan fingerprint density at radius 1 is 1.20 bits per heavy atom. The lowest BCUT2D eigenvalue weighted by Crippen LogP contribution is -2.02. The Balaban J connectivity index is 2.15. The van der Waals surface area contributed by atoms with Crippen LogP contribution in [0.15, 0.2) is 42.6 Å². The summed E-state index contributed by atoms with van der Waals surface area (Å²) in [7, 11) is 0. The van der Waals surface area contributed by atoms with E-state index in [4.69, 9.17) is 17.3 Å². The summed E-state index contributed by atoms with van der Waals surface area (Å²) in [5.74, 6) is -0.837. The summed E-state index contributed by atoms with van der Waals surface area (Å²) in [5, 5.41) is 1.23. The maximum absolute atomic E-state index is 13.3. The summed E-state index contributed by atoms with van der Waals surface area (Å²) in [6, 6.07) is 9.01. The zero-order valence-electron chi connectivity index (χ0n) is 10.3. The first kappa shape index (κ1) is 12.7. The summed E-state index contributed by atoms with van der Waals surface area (Å²) >= 11 is 5.94. The fourth-order valence-electron chi connectivity index (χ4n) is 2.18. The third-order valence-corrected chi connectivity index (χ3v) is 3.31. The highest BCUT2D eigenvalue weighted by molar-refractivity contribution is 6.31. The third kappa shape index (κ3) is 2.14. The standard InChI is InChI=1S/C15H10ClFN2O/c16-9-1-2-14-12(5-9)13(7-19-14)15(20)8-3-10(17)6-11(18)4-8/h1-7,19H,18H2. The van der Waals surface area contributed by atoms with Gasteiger partial charge in [0, 0.05) is 38.9 Å². The second-order valence-corrected chi connectivity index (χ2v) is 4.93. The van der Waals surface area contributed by atoms with Crippen LogP contribution >= 0.6 is 11.6 Å². The van der Waals surface area contributed by atoms with Crippen molar-refractivity contribution in [3.63, 3.8) is 0 Å². The number of anilines is 1. The van der Waals surface area contributed by atoms with Crippen molar-refractivity contribution >= 4 is 34.0 Å². The second kappa shape index (κ2) is 4.65. The second-order valence-electron chi connectivity index (χ2n) is 4.49. The van der Waals surface area contributed by atoms with E-state index in [-0.39, 0.29) is 17.0 Å². The number of halogens is 2. The largest absolute Gasteiger partial charge is 0.399 e. The first-order valence-electron chi connectivity index (χ1n) is 5.92. The molecule has 0 bridgehead atoms. The van der Waals surface area contributed by atoms with Crippen molar-refractivity contribution in [2.24, 2.45) is 0 Å². The molecule has 0 aliphatic carbocycles. The van der Waals surface area contributed by atoms with Crippen LogP contribution in [0.5, 0.6) is 0 Å². The predicted molar refractivity (Wildman–Crippen MR) is 77.6 cm³/mol. The minimum atomic E-state index is -0.536. The number of fused-ring (bicyclic) bond motifs is 1. The summed E-state index contributed by atoms with van der Waals surface area (Å²) in [5.41, 5.74) is 7.22. The number of aromatic amines is 1. The molecule has 0 aliphatic rings. The van der Waals surface area contributed by atoms with Crippen LogP contribution in [0.25, 0.3) is 10.9 Å². The lowest BCUT2D eigenvalue weighted by molar-refractivity contribution is 0.104. The average Bonchev–Trinajstić information content (AvgIpc) is 2.79. The number of carbonyl (C=O) groups is 1. The van der Waals surface area contributed by atoms with Crippen LogP contribution < -0.4 is 5.73 Å². The SMILES string of the molecule is Nc1cc(F)cc(C(=O)c2c[nH]c3ccc(Cl)cc23)c1. The van der Waals surface area contributed by atoms with Gasteiger partial charge in [0.25, 0.3) is 0 Å². The quantitative estimate of drug-likeness (QED) is 0.557. The molecule has 3 N–H and O–H groups in total. The molecule has 1 heterocycles. The molecule has 0 fully saturated rings. The molecule has 3 rings (SSSR count). The first-order chi connectivity index (χ1) is 9.54. The lowest BCUT2D eigenvalue weighted by Gasteiger charge is -2.02. The van der Waals surface area contributed by atoms with E-state index in [1.54, 1.807) is 24.4 Å². The molecule has 0 amide bonds. The number of nitrogens with two attached hydrogens (primary N) is 1. The maximum atomic E-state index is 13.3. The van der Waals surface area contributed by atoms with E-state index < -0.39 is 5.82 Å². The number of hydrogen-bond acceptors (Lipinski definition) is 2. The van der Waals surface area contributed by atoms with E-state index in [1.165, 1.54) is 18.2 Å². The molecule has 3 nitrogen and oxygen atoms in total. The smallest absolute Gasteiger partial charge is 0.195 e. The Morgan fingerprint density at radius 3 is 2.75 bits per heavy atom. The third-order valence-electron chi connectivity index (χ3n) is 3.07. The van der Waals surface area contributed by atoms with Crippen LogP contribution in [0.4, 0.5) is 10.1 Å². The molecule has 1 aromatic heterocycles. The van der Waals surface area contributed by atoms with Gasteiger partial charge in [0.1, 0.15) is 5.82 Å². The van der Waals surface area contributed by atoms with E-state index in [2.05, 4.69) is 4.98 Å². The molecule has 0 aliphatic heterocycles. The normalized spacial score (nSPS) is 10.9. The highest BCUT2D eigenvalue weighted by Crippen LogP contribution is 2.25. The summed E-state index contributed by atoms with van der Waals surface area (Å²) in [4.78, 5) is 15.4. The van der Waals surface area contributed by atoms with Crippen molar-refractivity contribution in [3.05, 3.63) is 64.6 Å². The summed E-state index contributed by atoms with van der Waals surface area (Å²) in [6.45, 7) is 0. The number of hydrogen-bond donors (Lipinski definition) is 2. The van der Waals surface area contributed by atoms with Crippen LogP contribution in [0.1, 0.15) is 15.9 Å². The van der Waals surface area contributed by atoms with E-state index in [1.807, 2.05) is 0 Å². The van der Waals surface area contributed by atoms with Crippen LogP contribution in [-0.4, -0.2) is 10.8 Å². The van der Waals surface area contributed by atoms with Gasteiger partial charge in [-0.15, -0.1) is 0 Å². The number of H-pyrrole nitrogens is 1. The molecular weight excluding hydrogens is 279 g/mol. The van der Waals surface area contributed by atoms with Crippen LogP contribution in [0, 0.1) is 5.82 Å². The van der Waals surface area contributed by atoms with Gasteiger partial charge in [0.05, 0.1) is 0 Å². The van der Waals surface area contributed by atoms with Gasteiger partial charge in [-0.25, -0.2) is 4.39 Å². The Hall–Kier alpha value is -2.33. The fourth-order valence-corrected chi connectivity index (χ4v) is 2.35. The summed E-state index contributed by atoms with van der Waals surface area (Å²) < 4.78 is 13.3. The van der Waals surface area contributed by atoms with Crippen LogP contribution in [-0.2, 0) is 0 Å². The summed E-state index contributed by atoms with van der Waals surface area (Å²) in [6.07, 6.45) is 1.59. The number of rotatable bonds is 2. The lowest BCUT2D eigenvalue weighted by atomic mass is 10.0. The first-order valence-corrected chi connectivity index (χ1v) is 6.30. The Morgan fingerprint density at radius 2 is 2.00 bits per heavy atom. The number of nitrogen functional groups attached to an aromatic ring is 1. The number of nitrogens with one attached hydrogen (secondary N) is 1. The van der Waals surface area contributed by atoms with Crippen molar-refractivity contribution in [2.75, 3.05) is 5.73 Å². The van der Waals surface area contributed by atoms with Crippen molar-refractivity contribution in [1.82, 2.24) is 4.98 Å². The molecule has 0 saturated carbocycles. The number of aromatic nitrogens is 1. The number of benzene rings is 2. The Kier molecular flexibility index (Phi) is 2.95. The van der Waals surface area contributed by atoms with E-state index in [0.29, 0.717) is 16.0 Å². The van der Waals surface area contributed by atoms with Crippen LogP contribution in [0.2, 0.25) is 5.02 Å². The molecular formula is C15H10ClFN2O. The van der Waals surface area contributed by atoms with Gasteiger partial charge in [-0.2, -0.15) is 0 Å². The number of carbonyl (C=O) groups excluding carboxylic acids is 1. The zero-order chi connectivity index (χ0) is 14.3. The highest BCUT2D eigenvalue weighted by atomic mass is 35.5. The zero-order valence-corrected chi connectivity index (χ0v) is 11.0. The van der Waals surface area contributed by atoms with Gasteiger partial charge in [-0.05, 0) is 36.4 Å². The Bertz CT molecular complexity index is 806. The molecule has 0 atom stereocenters. The average molecular weight is 289 g/mol. The van der Waals surface area contributed by atoms with Crippen molar-refractivity contribution in [2.45, 2.75) is 0 Å². The van der Waals surface area contributed by atoms with Crippen LogP contribution in [0.3, 0.4) is 0 Å². The molecule has 20 heavy (non-hydrogen) atoms. The highest BCUT2D eigenvalue weighted by Gasteiger charge is 2.15. The molecule has 100 valence electrons. The molecule has 0 spiro atoms. The monoisotopic (exact) mass is 288 g/mol. The molecule has 0 radical (unpaired) electrons. The molecule has 2 aromatic carbocycles. The van der Waals surface area contributed by atoms with Gasteiger partial charge < -0.3 is 10.7 Å². The van der Waals surface area contributed by atoms with Crippen molar-refractivity contribution < 1.29 is 9.18 Å². The number of ketones is 1. The van der Waals surface area contributed by atoms with Gasteiger partial charge in [-0.1, -0.05) is 11.6 Å². The van der Waals surface area contributed by atoms with Gasteiger partial charge in [0.2, 0.25) is 0 Å².